The summed E-state index contributed by atoms with van der Waals surface area (Å²) in [4.78, 5) is 29.0. The molecule has 2 aromatic rings. The van der Waals surface area contributed by atoms with Gasteiger partial charge in [0.1, 0.15) is 17.5 Å². The molecule has 0 radical (unpaired) electrons. The highest BCUT2D eigenvalue weighted by Crippen LogP contribution is 2.26. The van der Waals surface area contributed by atoms with Crippen LogP contribution < -0.4 is 19.7 Å². The standard InChI is InChI=1S/C18H19N3O4/c1-11(2)24-14-5-4-6-15(9-14)25-16-8-7-13(10-19-16)21-17(22)12(3)20-18(21)23/h4-12H,1-3H3,(H,20,23)/t12-/m1/s1. The number of ether oxygens (including phenoxy) is 2. The molecule has 2 heterocycles. The number of nitrogens with one attached hydrogen (secondary N) is 1. The molecule has 0 saturated carbocycles. The third kappa shape index (κ3) is 3.71. The Morgan fingerprint density at radius 1 is 1.16 bits per heavy atom. The van der Waals surface area contributed by atoms with Crippen LogP contribution in [-0.2, 0) is 4.79 Å². The number of imide groups is 1. The summed E-state index contributed by atoms with van der Waals surface area (Å²) < 4.78 is 11.3. The van der Waals surface area contributed by atoms with Crippen LogP contribution in [0.25, 0.3) is 0 Å². The van der Waals surface area contributed by atoms with Gasteiger partial charge in [0.15, 0.2) is 0 Å². The summed E-state index contributed by atoms with van der Waals surface area (Å²) in [7, 11) is 0. The molecule has 1 atom stereocenters. The molecule has 0 spiro atoms. The van der Waals surface area contributed by atoms with Crippen LogP contribution in [0, 0.1) is 0 Å². The summed E-state index contributed by atoms with van der Waals surface area (Å²) >= 11 is 0. The van der Waals surface area contributed by atoms with Crippen molar-refractivity contribution in [2.24, 2.45) is 0 Å². The van der Waals surface area contributed by atoms with Gasteiger partial charge in [0.25, 0.3) is 5.91 Å². The molecule has 3 rings (SSSR count). The van der Waals surface area contributed by atoms with E-state index >= 15 is 0 Å². The summed E-state index contributed by atoms with van der Waals surface area (Å²) in [6.07, 6.45) is 1.50. The van der Waals surface area contributed by atoms with Crippen LogP contribution >= 0.6 is 0 Å². The molecule has 0 unspecified atom stereocenters. The number of rotatable bonds is 5. The number of aromatic nitrogens is 1. The SMILES string of the molecule is CC(C)Oc1cccc(Oc2ccc(N3C(=O)N[C@H](C)C3=O)cn2)c1. The minimum absolute atomic E-state index is 0.0687. The van der Waals surface area contributed by atoms with E-state index < -0.39 is 12.1 Å². The summed E-state index contributed by atoms with van der Waals surface area (Å²) in [5.74, 6) is 1.34. The van der Waals surface area contributed by atoms with Gasteiger partial charge in [0.2, 0.25) is 5.88 Å². The van der Waals surface area contributed by atoms with Crippen LogP contribution in [0.4, 0.5) is 10.5 Å². The number of hydrogen-bond donors (Lipinski definition) is 1. The number of nitrogens with zero attached hydrogens (tertiary/aromatic N) is 2. The number of anilines is 1. The van der Waals surface area contributed by atoms with Crippen LogP contribution in [0.15, 0.2) is 42.6 Å². The van der Waals surface area contributed by atoms with Crippen molar-refractivity contribution in [1.29, 1.82) is 0 Å². The van der Waals surface area contributed by atoms with Gasteiger partial charge in [-0.15, -0.1) is 0 Å². The highest BCUT2D eigenvalue weighted by molar-refractivity contribution is 6.21. The molecule has 7 heteroatoms. The average molecular weight is 341 g/mol. The Hall–Kier alpha value is -3.09. The second-order valence-electron chi connectivity index (χ2n) is 5.94. The van der Waals surface area contributed by atoms with Crippen molar-refractivity contribution in [3.8, 4) is 17.4 Å². The van der Waals surface area contributed by atoms with E-state index in [1.165, 1.54) is 6.20 Å². The van der Waals surface area contributed by atoms with Crippen molar-refractivity contribution in [1.82, 2.24) is 10.3 Å². The van der Waals surface area contributed by atoms with E-state index in [9.17, 15) is 9.59 Å². The molecule has 130 valence electrons. The zero-order valence-electron chi connectivity index (χ0n) is 14.2. The van der Waals surface area contributed by atoms with Crippen LogP contribution in [0.1, 0.15) is 20.8 Å². The van der Waals surface area contributed by atoms with Gasteiger partial charge in [-0.2, -0.15) is 0 Å². The Labute approximate surface area is 145 Å². The van der Waals surface area contributed by atoms with Crippen molar-refractivity contribution >= 4 is 17.6 Å². The lowest BCUT2D eigenvalue weighted by Gasteiger charge is -2.13. The Balaban J connectivity index is 1.73. The van der Waals surface area contributed by atoms with Crippen LogP contribution in [-0.4, -0.2) is 29.1 Å². The second kappa shape index (κ2) is 6.80. The summed E-state index contributed by atoms with van der Waals surface area (Å²) in [5.41, 5.74) is 0.399. The zero-order chi connectivity index (χ0) is 18.0. The summed E-state index contributed by atoms with van der Waals surface area (Å²) in [6, 6.07) is 9.48. The molecule has 1 N–H and O–H groups in total. The van der Waals surface area contributed by atoms with Gasteiger partial charge in [0.05, 0.1) is 18.0 Å². The third-order valence-corrected chi connectivity index (χ3v) is 3.51. The molecule has 1 saturated heterocycles. The fourth-order valence-corrected chi connectivity index (χ4v) is 2.42. The summed E-state index contributed by atoms with van der Waals surface area (Å²) in [5, 5.41) is 2.56. The molecule has 3 amide bonds. The zero-order valence-corrected chi connectivity index (χ0v) is 14.2. The van der Waals surface area contributed by atoms with Crippen molar-refractivity contribution < 1.29 is 19.1 Å². The minimum Gasteiger partial charge on any atom is -0.491 e. The van der Waals surface area contributed by atoms with Gasteiger partial charge in [-0.25, -0.2) is 14.7 Å². The van der Waals surface area contributed by atoms with Crippen LogP contribution in [0.5, 0.6) is 17.4 Å². The van der Waals surface area contributed by atoms with Gasteiger partial charge in [0, 0.05) is 12.1 Å². The van der Waals surface area contributed by atoms with E-state index in [4.69, 9.17) is 9.47 Å². The molecule has 0 bridgehead atoms. The van der Waals surface area contributed by atoms with Crippen LogP contribution in [0.2, 0.25) is 0 Å². The van der Waals surface area contributed by atoms with E-state index in [2.05, 4.69) is 10.3 Å². The molecule has 0 aliphatic carbocycles. The minimum atomic E-state index is -0.535. The van der Waals surface area contributed by atoms with E-state index in [0.29, 0.717) is 23.1 Å². The lowest BCUT2D eigenvalue weighted by atomic mass is 10.3. The molecule has 1 aromatic carbocycles. The number of carbonyl (C=O) groups is 2. The first-order valence-electron chi connectivity index (χ1n) is 7.99. The van der Waals surface area contributed by atoms with E-state index in [1.54, 1.807) is 31.2 Å². The highest BCUT2D eigenvalue weighted by atomic mass is 16.5. The number of amides is 3. The van der Waals surface area contributed by atoms with Gasteiger partial charge in [-0.3, -0.25) is 4.79 Å². The Morgan fingerprint density at radius 3 is 2.52 bits per heavy atom. The number of urea groups is 1. The summed E-state index contributed by atoms with van der Waals surface area (Å²) in [6.45, 7) is 5.53. The highest BCUT2D eigenvalue weighted by Gasteiger charge is 2.36. The monoisotopic (exact) mass is 341 g/mol. The van der Waals surface area contributed by atoms with E-state index in [0.717, 1.165) is 4.90 Å². The molecular formula is C18H19N3O4. The van der Waals surface area contributed by atoms with Crippen LogP contribution in [0.3, 0.4) is 0 Å². The smallest absolute Gasteiger partial charge is 0.329 e. The fourth-order valence-electron chi connectivity index (χ4n) is 2.42. The number of pyridine rings is 1. The quantitative estimate of drug-likeness (QED) is 0.845. The van der Waals surface area contributed by atoms with Crippen molar-refractivity contribution in [3.63, 3.8) is 0 Å². The van der Waals surface area contributed by atoms with E-state index in [1.807, 2.05) is 26.0 Å². The first kappa shape index (κ1) is 16.8. The molecular weight excluding hydrogens is 322 g/mol. The average Bonchev–Trinajstić information content (AvgIpc) is 2.81. The largest absolute Gasteiger partial charge is 0.491 e. The Kier molecular flexibility index (Phi) is 4.56. The number of carbonyl (C=O) groups excluding carboxylic acids is 2. The normalized spacial score (nSPS) is 17.0. The third-order valence-electron chi connectivity index (χ3n) is 3.51. The predicted molar refractivity (Wildman–Crippen MR) is 92.0 cm³/mol. The number of hydrogen-bond acceptors (Lipinski definition) is 5. The predicted octanol–water partition coefficient (Wildman–Crippen LogP) is 3.11. The molecule has 7 nitrogen and oxygen atoms in total. The lowest BCUT2D eigenvalue weighted by molar-refractivity contribution is -0.117. The maximum Gasteiger partial charge on any atom is 0.329 e. The van der Waals surface area contributed by atoms with Gasteiger partial charge < -0.3 is 14.8 Å². The molecule has 1 aliphatic rings. The first-order valence-corrected chi connectivity index (χ1v) is 7.99. The maximum atomic E-state index is 12.0. The molecule has 1 aliphatic heterocycles. The fraction of sp³-hybridized carbons (Fsp3) is 0.278. The Morgan fingerprint density at radius 2 is 1.92 bits per heavy atom. The van der Waals surface area contributed by atoms with Gasteiger partial charge in [-0.1, -0.05) is 6.07 Å². The maximum absolute atomic E-state index is 12.0. The molecule has 1 aromatic heterocycles. The second-order valence-corrected chi connectivity index (χ2v) is 5.94. The Bertz CT molecular complexity index is 789. The topological polar surface area (TPSA) is 80.8 Å². The molecule has 1 fully saturated rings. The first-order chi connectivity index (χ1) is 11.9. The van der Waals surface area contributed by atoms with Crippen molar-refractivity contribution in [2.75, 3.05) is 4.90 Å². The number of benzene rings is 1. The van der Waals surface area contributed by atoms with E-state index in [-0.39, 0.29) is 12.0 Å². The van der Waals surface area contributed by atoms with Crippen molar-refractivity contribution in [3.05, 3.63) is 42.6 Å². The molecule has 25 heavy (non-hydrogen) atoms. The van der Waals surface area contributed by atoms with Gasteiger partial charge in [-0.05, 0) is 39.0 Å². The van der Waals surface area contributed by atoms with Crippen molar-refractivity contribution in [2.45, 2.75) is 32.9 Å². The van der Waals surface area contributed by atoms with Gasteiger partial charge >= 0.3 is 6.03 Å². The lowest BCUT2D eigenvalue weighted by Crippen LogP contribution is -2.30.